The van der Waals surface area contributed by atoms with Gasteiger partial charge in [-0.15, -0.1) is 0 Å². The van der Waals surface area contributed by atoms with Crippen molar-refractivity contribution < 1.29 is 14.3 Å². The van der Waals surface area contributed by atoms with Gasteiger partial charge < -0.3 is 15.4 Å². The molecule has 2 heterocycles. The van der Waals surface area contributed by atoms with Gasteiger partial charge in [0.25, 0.3) is 11.8 Å². The van der Waals surface area contributed by atoms with Gasteiger partial charge in [0.05, 0.1) is 12.7 Å². The van der Waals surface area contributed by atoms with Crippen molar-refractivity contribution in [3.05, 3.63) is 83.9 Å². The molecule has 0 fully saturated rings. The molecule has 2 amide bonds. The average molecular weight is 371 g/mol. The third-order valence-electron chi connectivity index (χ3n) is 5.24. The standard InChI is InChI=1S/C22H17N3O3/c1-28-15-12-10-14(11-13-15)25-20(26)16-6-2-4-8-18(16)24-22(25)17-7-3-5-9-19(17)23-21(22)27/h2-13,24H,1H3,(H,23,27)/t22-/m0/s1. The molecule has 2 aliphatic rings. The highest BCUT2D eigenvalue weighted by molar-refractivity contribution is 6.21. The molecule has 3 aromatic rings. The lowest BCUT2D eigenvalue weighted by Gasteiger charge is -2.44. The SMILES string of the molecule is COc1ccc(N2C(=O)c3ccccc3N[C@]23C(=O)Nc2ccccc23)cc1. The summed E-state index contributed by atoms with van der Waals surface area (Å²) < 4.78 is 5.24. The molecule has 138 valence electrons. The number of fused-ring (bicyclic) bond motifs is 3. The molecule has 28 heavy (non-hydrogen) atoms. The second-order valence-corrected chi connectivity index (χ2v) is 6.72. The Morgan fingerprint density at radius 3 is 2.29 bits per heavy atom. The van der Waals surface area contributed by atoms with E-state index in [9.17, 15) is 9.59 Å². The Morgan fingerprint density at radius 2 is 1.54 bits per heavy atom. The Balaban J connectivity index is 1.78. The lowest BCUT2D eigenvalue weighted by atomic mass is 9.92. The van der Waals surface area contributed by atoms with E-state index >= 15 is 0 Å². The third kappa shape index (κ3) is 2.08. The van der Waals surface area contributed by atoms with Crippen LogP contribution in [0.3, 0.4) is 0 Å². The molecular formula is C22H17N3O3. The van der Waals surface area contributed by atoms with E-state index in [1.54, 1.807) is 37.4 Å². The molecule has 6 nitrogen and oxygen atoms in total. The summed E-state index contributed by atoms with van der Waals surface area (Å²) in [6, 6.07) is 21.7. The molecule has 1 atom stereocenters. The molecule has 0 aromatic heterocycles. The van der Waals surface area contributed by atoms with Crippen LogP contribution in [0, 0.1) is 0 Å². The summed E-state index contributed by atoms with van der Waals surface area (Å²) in [4.78, 5) is 28.4. The third-order valence-corrected chi connectivity index (χ3v) is 5.24. The minimum absolute atomic E-state index is 0.244. The zero-order valence-electron chi connectivity index (χ0n) is 15.1. The largest absolute Gasteiger partial charge is 0.497 e. The predicted octanol–water partition coefficient (Wildman–Crippen LogP) is 3.57. The normalized spacial score (nSPS) is 19.7. The van der Waals surface area contributed by atoms with Gasteiger partial charge in [0.15, 0.2) is 0 Å². The van der Waals surface area contributed by atoms with E-state index in [4.69, 9.17) is 4.74 Å². The van der Waals surface area contributed by atoms with Crippen molar-refractivity contribution in [1.29, 1.82) is 0 Å². The zero-order chi connectivity index (χ0) is 19.3. The van der Waals surface area contributed by atoms with Gasteiger partial charge in [-0.2, -0.15) is 0 Å². The van der Waals surface area contributed by atoms with Gasteiger partial charge in [0.1, 0.15) is 5.75 Å². The van der Waals surface area contributed by atoms with Crippen LogP contribution in [0.2, 0.25) is 0 Å². The van der Waals surface area contributed by atoms with Gasteiger partial charge in [-0.3, -0.25) is 14.5 Å². The number of carbonyl (C=O) groups excluding carboxylic acids is 2. The number of anilines is 3. The number of carbonyl (C=O) groups is 2. The van der Waals surface area contributed by atoms with Gasteiger partial charge in [-0.1, -0.05) is 30.3 Å². The molecule has 0 aliphatic carbocycles. The molecule has 0 saturated carbocycles. The minimum atomic E-state index is -1.36. The molecule has 5 rings (SSSR count). The lowest BCUT2D eigenvalue weighted by molar-refractivity contribution is -0.119. The molecule has 2 N–H and O–H groups in total. The maximum absolute atomic E-state index is 13.6. The number of rotatable bonds is 2. The van der Waals surface area contributed by atoms with Gasteiger partial charge in [0, 0.05) is 22.6 Å². The van der Waals surface area contributed by atoms with Crippen LogP contribution >= 0.6 is 0 Å². The molecule has 0 unspecified atom stereocenters. The number of para-hydroxylation sites is 2. The van der Waals surface area contributed by atoms with Crippen LogP contribution in [0.15, 0.2) is 72.8 Å². The summed E-state index contributed by atoms with van der Waals surface area (Å²) in [5.74, 6) is 0.130. The van der Waals surface area contributed by atoms with Crippen molar-refractivity contribution in [2.45, 2.75) is 5.66 Å². The number of hydrogen-bond acceptors (Lipinski definition) is 4. The van der Waals surface area contributed by atoms with Crippen molar-refractivity contribution in [2.24, 2.45) is 0 Å². The maximum atomic E-state index is 13.6. The number of methoxy groups -OCH3 is 1. The maximum Gasteiger partial charge on any atom is 0.276 e. The fourth-order valence-corrected chi connectivity index (χ4v) is 3.93. The lowest BCUT2D eigenvalue weighted by Crippen LogP contribution is -2.61. The summed E-state index contributed by atoms with van der Waals surface area (Å²) in [6.07, 6.45) is 0. The van der Waals surface area contributed by atoms with Crippen LogP contribution in [0.1, 0.15) is 15.9 Å². The summed E-state index contributed by atoms with van der Waals surface area (Å²) >= 11 is 0. The molecule has 0 saturated heterocycles. The Bertz CT molecular complexity index is 1110. The topological polar surface area (TPSA) is 70.7 Å². The van der Waals surface area contributed by atoms with Gasteiger partial charge in [-0.05, 0) is 42.5 Å². The molecule has 2 aliphatic heterocycles. The van der Waals surface area contributed by atoms with Crippen LogP contribution in [0.4, 0.5) is 17.1 Å². The number of amides is 2. The molecule has 6 heteroatoms. The first-order valence-corrected chi connectivity index (χ1v) is 8.92. The summed E-state index contributed by atoms with van der Waals surface area (Å²) in [5, 5.41) is 6.26. The van der Waals surface area contributed by atoms with Crippen molar-refractivity contribution in [3.8, 4) is 5.75 Å². The van der Waals surface area contributed by atoms with Crippen molar-refractivity contribution in [2.75, 3.05) is 22.6 Å². The quantitative estimate of drug-likeness (QED) is 0.722. The first-order chi connectivity index (χ1) is 13.6. The Labute approximate surface area is 161 Å². The monoisotopic (exact) mass is 371 g/mol. The van der Waals surface area contributed by atoms with E-state index in [0.29, 0.717) is 33.9 Å². The molecule has 1 spiro atoms. The van der Waals surface area contributed by atoms with Crippen molar-refractivity contribution in [3.63, 3.8) is 0 Å². The van der Waals surface area contributed by atoms with Crippen molar-refractivity contribution >= 4 is 28.9 Å². The Kier molecular flexibility index (Phi) is 3.42. The fraction of sp³-hybridized carbons (Fsp3) is 0.0909. The Hall–Kier alpha value is -3.80. The van der Waals surface area contributed by atoms with E-state index in [-0.39, 0.29) is 11.8 Å². The van der Waals surface area contributed by atoms with Gasteiger partial charge >= 0.3 is 0 Å². The van der Waals surface area contributed by atoms with Gasteiger partial charge in [-0.25, -0.2) is 0 Å². The highest BCUT2D eigenvalue weighted by atomic mass is 16.5. The van der Waals surface area contributed by atoms with Crippen LogP contribution in [-0.4, -0.2) is 18.9 Å². The van der Waals surface area contributed by atoms with E-state index < -0.39 is 5.66 Å². The molecule has 0 radical (unpaired) electrons. The number of ether oxygens (including phenoxy) is 1. The molecule has 3 aromatic carbocycles. The number of hydrogen-bond donors (Lipinski definition) is 2. The predicted molar refractivity (Wildman–Crippen MR) is 107 cm³/mol. The van der Waals surface area contributed by atoms with E-state index in [2.05, 4.69) is 10.6 Å². The van der Waals surface area contributed by atoms with Gasteiger partial charge in [0.2, 0.25) is 5.66 Å². The molecule has 0 bridgehead atoms. The summed E-state index contributed by atoms with van der Waals surface area (Å²) in [6.45, 7) is 0. The number of benzene rings is 3. The average Bonchev–Trinajstić information content (AvgIpc) is 3.00. The van der Waals surface area contributed by atoms with Crippen LogP contribution in [0.5, 0.6) is 5.75 Å². The van der Waals surface area contributed by atoms with Crippen molar-refractivity contribution in [1.82, 2.24) is 0 Å². The van der Waals surface area contributed by atoms with Crippen LogP contribution in [0.25, 0.3) is 0 Å². The number of nitrogens with zero attached hydrogens (tertiary/aromatic N) is 1. The number of nitrogens with one attached hydrogen (secondary N) is 2. The summed E-state index contributed by atoms with van der Waals surface area (Å²) in [5.41, 5.74) is 1.77. The van der Waals surface area contributed by atoms with E-state index in [1.165, 1.54) is 4.90 Å². The smallest absolute Gasteiger partial charge is 0.276 e. The van der Waals surface area contributed by atoms with Crippen LogP contribution < -0.4 is 20.3 Å². The zero-order valence-corrected chi connectivity index (χ0v) is 15.1. The molecular weight excluding hydrogens is 354 g/mol. The highest BCUT2D eigenvalue weighted by Crippen LogP contribution is 2.47. The summed E-state index contributed by atoms with van der Waals surface area (Å²) in [7, 11) is 1.58. The van der Waals surface area contributed by atoms with Crippen LogP contribution in [-0.2, 0) is 10.5 Å². The van der Waals surface area contributed by atoms with E-state index in [1.807, 2.05) is 42.5 Å². The first kappa shape index (κ1) is 16.4. The minimum Gasteiger partial charge on any atom is -0.497 e. The van der Waals surface area contributed by atoms with E-state index in [0.717, 1.165) is 0 Å². The second-order valence-electron chi connectivity index (χ2n) is 6.72. The fourth-order valence-electron chi connectivity index (χ4n) is 3.93. The second kappa shape index (κ2) is 5.85. The highest BCUT2D eigenvalue weighted by Gasteiger charge is 2.56. The Morgan fingerprint density at radius 1 is 0.857 bits per heavy atom. The first-order valence-electron chi connectivity index (χ1n) is 8.92.